The number of carbonyl (C=O) groups excluding carboxylic acids is 1. The Kier molecular flexibility index (Phi) is 5.33. The highest BCUT2D eigenvalue weighted by molar-refractivity contribution is 5.71. The Labute approximate surface area is 119 Å². The van der Waals surface area contributed by atoms with E-state index in [9.17, 15) is 4.79 Å². The van der Waals surface area contributed by atoms with Crippen LogP contribution >= 0.6 is 0 Å². The van der Waals surface area contributed by atoms with Crippen LogP contribution in [0.15, 0.2) is 60.7 Å². The van der Waals surface area contributed by atoms with E-state index in [1.165, 1.54) is 0 Å². The summed E-state index contributed by atoms with van der Waals surface area (Å²) in [6.45, 7) is 2.56. The molecule has 3 nitrogen and oxygen atoms in total. The van der Waals surface area contributed by atoms with Gasteiger partial charge in [0.2, 0.25) is 0 Å². The van der Waals surface area contributed by atoms with Crippen LogP contribution in [0.5, 0.6) is 0 Å². The molecule has 0 bridgehead atoms. The molecule has 0 fully saturated rings. The number of hydrogen-bond acceptors (Lipinski definition) is 3. The average molecular weight is 269 g/mol. The molecule has 0 aliphatic heterocycles. The van der Waals surface area contributed by atoms with Crippen molar-refractivity contribution >= 4 is 5.97 Å². The molecule has 0 radical (unpaired) electrons. The summed E-state index contributed by atoms with van der Waals surface area (Å²) in [5.74, 6) is -0.239. The highest BCUT2D eigenvalue weighted by Crippen LogP contribution is 2.10. The molecule has 1 N–H and O–H groups in total. The van der Waals surface area contributed by atoms with Crippen molar-refractivity contribution in [2.45, 2.75) is 19.6 Å². The number of ether oxygens (including phenoxy) is 1. The normalized spacial score (nSPS) is 11.8. The van der Waals surface area contributed by atoms with Gasteiger partial charge in [-0.2, -0.15) is 0 Å². The Morgan fingerprint density at radius 2 is 1.65 bits per heavy atom. The zero-order chi connectivity index (χ0) is 14.2. The van der Waals surface area contributed by atoms with Gasteiger partial charge in [0.25, 0.3) is 0 Å². The molecule has 20 heavy (non-hydrogen) atoms. The first-order chi connectivity index (χ1) is 9.75. The largest absolute Gasteiger partial charge is 0.460 e. The molecule has 0 saturated heterocycles. The smallest absolute Gasteiger partial charge is 0.320 e. The van der Waals surface area contributed by atoms with Gasteiger partial charge in [0.05, 0.1) is 6.54 Å². The molecule has 2 rings (SSSR count). The third-order valence-electron chi connectivity index (χ3n) is 3.09. The van der Waals surface area contributed by atoms with E-state index in [-0.39, 0.29) is 18.6 Å². The molecular weight excluding hydrogens is 250 g/mol. The minimum absolute atomic E-state index is 0.125. The summed E-state index contributed by atoms with van der Waals surface area (Å²) in [4.78, 5) is 11.7. The molecule has 0 aliphatic carbocycles. The van der Waals surface area contributed by atoms with Gasteiger partial charge >= 0.3 is 5.97 Å². The number of nitrogens with one attached hydrogen (secondary N) is 1. The highest BCUT2D eigenvalue weighted by Gasteiger charge is 2.08. The predicted molar refractivity (Wildman–Crippen MR) is 79.1 cm³/mol. The number of benzene rings is 2. The predicted octanol–water partition coefficient (Wildman–Crippen LogP) is 3.08. The average Bonchev–Trinajstić information content (AvgIpc) is 2.52. The van der Waals surface area contributed by atoms with E-state index in [0.29, 0.717) is 6.61 Å². The quantitative estimate of drug-likeness (QED) is 0.819. The van der Waals surface area contributed by atoms with Crippen LogP contribution in [-0.2, 0) is 16.1 Å². The Bertz CT molecular complexity index is 525. The summed E-state index contributed by atoms with van der Waals surface area (Å²) < 4.78 is 5.21. The monoisotopic (exact) mass is 269 g/mol. The molecule has 3 heteroatoms. The van der Waals surface area contributed by atoms with Crippen molar-refractivity contribution in [1.82, 2.24) is 5.32 Å². The maximum absolute atomic E-state index is 11.7. The van der Waals surface area contributed by atoms with Gasteiger partial charge in [-0.3, -0.25) is 4.79 Å². The van der Waals surface area contributed by atoms with Gasteiger partial charge in [0, 0.05) is 6.04 Å². The SMILES string of the molecule is C[C@H](NCC(=O)OCc1ccccc1)c1ccccc1. The van der Waals surface area contributed by atoms with Gasteiger partial charge in [-0.05, 0) is 18.1 Å². The minimum Gasteiger partial charge on any atom is -0.460 e. The van der Waals surface area contributed by atoms with E-state index in [0.717, 1.165) is 11.1 Å². The molecule has 0 aliphatic rings. The molecule has 1 atom stereocenters. The first-order valence-electron chi connectivity index (χ1n) is 6.73. The van der Waals surface area contributed by atoms with Crippen LogP contribution in [0, 0.1) is 0 Å². The standard InChI is InChI=1S/C17H19NO2/c1-14(16-10-6-3-7-11-16)18-12-17(19)20-13-15-8-4-2-5-9-15/h2-11,14,18H,12-13H2,1H3/t14-/m0/s1. The second-order valence-electron chi connectivity index (χ2n) is 4.66. The van der Waals surface area contributed by atoms with Crippen LogP contribution in [0.1, 0.15) is 24.1 Å². The molecular formula is C17H19NO2. The van der Waals surface area contributed by atoms with Crippen molar-refractivity contribution in [1.29, 1.82) is 0 Å². The third-order valence-corrected chi connectivity index (χ3v) is 3.09. The summed E-state index contributed by atoms with van der Waals surface area (Å²) in [5, 5.41) is 3.16. The zero-order valence-corrected chi connectivity index (χ0v) is 11.6. The maximum atomic E-state index is 11.7. The summed E-state index contributed by atoms with van der Waals surface area (Å²) in [6.07, 6.45) is 0. The van der Waals surface area contributed by atoms with Crippen LogP contribution in [0.2, 0.25) is 0 Å². The Morgan fingerprint density at radius 1 is 1.05 bits per heavy atom. The second-order valence-corrected chi connectivity index (χ2v) is 4.66. The van der Waals surface area contributed by atoms with E-state index in [4.69, 9.17) is 4.74 Å². The van der Waals surface area contributed by atoms with E-state index in [1.807, 2.05) is 67.6 Å². The molecule has 0 spiro atoms. The van der Waals surface area contributed by atoms with Crippen LogP contribution in [0.3, 0.4) is 0 Å². The van der Waals surface area contributed by atoms with Crippen LogP contribution < -0.4 is 5.32 Å². The van der Waals surface area contributed by atoms with Crippen molar-refractivity contribution in [3.8, 4) is 0 Å². The lowest BCUT2D eigenvalue weighted by Crippen LogP contribution is -2.27. The lowest BCUT2D eigenvalue weighted by Gasteiger charge is -2.13. The summed E-state index contributed by atoms with van der Waals surface area (Å²) in [6, 6.07) is 19.8. The Balaban J connectivity index is 1.73. The second kappa shape index (κ2) is 7.46. The molecule has 0 saturated carbocycles. The fraction of sp³-hybridized carbons (Fsp3) is 0.235. The van der Waals surface area contributed by atoms with Crippen molar-refractivity contribution in [3.05, 3.63) is 71.8 Å². The zero-order valence-electron chi connectivity index (χ0n) is 11.6. The maximum Gasteiger partial charge on any atom is 0.320 e. The first kappa shape index (κ1) is 14.3. The van der Waals surface area contributed by atoms with Gasteiger partial charge in [-0.25, -0.2) is 0 Å². The van der Waals surface area contributed by atoms with E-state index in [2.05, 4.69) is 5.32 Å². The van der Waals surface area contributed by atoms with Gasteiger partial charge < -0.3 is 10.1 Å². The Hall–Kier alpha value is -2.13. The molecule has 0 amide bonds. The van der Waals surface area contributed by atoms with Gasteiger partial charge in [-0.15, -0.1) is 0 Å². The number of rotatable bonds is 6. The van der Waals surface area contributed by atoms with E-state index in [1.54, 1.807) is 0 Å². The summed E-state index contributed by atoms with van der Waals surface area (Å²) >= 11 is 0. The molecule has 0 aromatic heterocycles. The minimum atomic E-state index is -0.239. The lowest BCUT2D eigenvalue weighted by molar-refractivity contribution is -0.144. The molecule has 2 aromatic rings. The van der Waals surface area contributed by atoms with Crippen LogP contribution in [0.4, 0.5) is 0 Å². The fourth-order valence-corrected chi connectivity index (χ4v) is 1.89. The number of hydrogen-bond donors (Lipinski definition) is 1. The summed E-state index contributed by atoms with van der Waals surface area (Å²) in [5.41, 5.74) is 2.15. The van der Waals surface area contributed by atoms with Crippen molar-refractivity contribution < 1.29 is 9.53 Å². The van der Waals surface area contributed by atoms with Gasteiger partial charge in [-0.1, -0.05) is 60.7 Å². The van der Waals surface area contributed by atoms with Crippen LogP contribution in [-0.4, -0.2) is 12.5 Å². The first-order valence-corrected chi connectivity index (χ1v) is 6.73. The lowest BCUT2D eigenvalue weighted by atomic mass is 10.1. The Morgan fingerprint density at radius 3 is 2.30 bits per heavy atom. The van der Waals surface area contributed by atoms with E-state index >= 15 is 0 Å². The topological polar surface area (TPSA) is 38.3 Å². The third kappa shape index (κ3) is 4.52. The van der Waals surface area contributed by atoms with Gasteiger partial charge in [0.1, 0.15) is 6.61 Å². The fourth-order valence-electron chi connectivity index (χ4n) is 1.89. The molecule has 2 aromatic carbocycles. The van der Waals surface area contributed by atoms with Crippen molar-refractivity contribution in [2.24, 2.45) is 0 Å². The molecule has 0 unspecified atom stereocenters. The van der Waals surface area contributed by atoms with Gasteiger partial charge in [0.15, 0.2) is 0 Å². The highest BCUT2D eigenvalue weighted by atomic mass is 16.5. The molecule has 0 heterocycles. The van der Waals surface area contributed by atoms with Crippen LogP contribution in [0.25, 0.3) is 0 Å². The molecule has 104 valence electrons. The van der Waals surface area contributed by atoms with Crippen molar-refractivity contribution in [2.75, 3.05) is 6.54 Å². The number of carbonyl (C=O) groups is 1. The van der Waals surface area contributed by atoms with E-state index < -0.39 is 0 Å². The number of esters is 1. The summed E-state index contributed by atoms with van der Waals surface area (Å²) in [7, 11) is 0. The van der Waals surface area contributed by atoms with Crippen molar-refractivity contribution in [3.63, 3.8) is 0 Å².